The van der Waals surface area contributed by atoms with E-state index in [0.29, 0.717) is 38.6 Å². The first-order chi connectivity index (χ1) is 14.3. The van der Waals surface area contributed by atoms with Crippen LogP contribution in [0.5, 0.6) is 11.5 Å². The molecule has 1 N–H and O–H groups in total. The summed E-state index contributed by atoms with van der Waals surface area (Å²) >= 11 is 0. The summed E-state index contributed by atoms with van der Waals surface area (Å²) in [5.74, 6) is 2.98. The van der Waals surface area contributed by atoms with E-state index in [2.05, 4.69) is 10.3 Å². The SMILES string of the molecule is O=C(Cc1ccc2c(c1)OCCCO2)N1CCc2nc([C@@H]3CCNC3)ncc2C1. The van der Waals surface area contributed by atoms with Crippen molar-refractivity contribution in [3.8, 4) is 11.5 Å². The fraction of sp³-hybridized carbons (Fsp3) is 0.500. The van der Waals surface area contributed by atoms with Crippen molar-refractivity contribution in [3.05, 3.63) is 47.0 Å². The second kappa shape index (κ2) is 7.99. The lowest BCUT2D eigenvalue weighted by Gasteiger charge is -2.28. The molecule has 1 atom stereocenters. The molecule has 7 heteroatoms. The maximum atomic E-state index is 12.9. The number of hydrogen-bond donors (Lipinski definition) is 1. The third-order valence-corrected chi connectivity index (χ3v) is 5.90. The lowest BCUT2D eigenvalue weighted by atomic mass is 10.0. The molecular formula is C22H26N4O3. The van der Waals surface area contributed by atoms with Crippen molar-refractivity contribution in [3.63, 3.8) is 0 Å². The highest BCUT2D eigenvalue weighted by atomic mass is 16.5. The minimum absolute atomic E-state index is 0.120. The van der Waals surface area contributed by atoms with E-state index >= 15 is 0 Å². The van der Waals surface area contributed by atoms with Crippen LogP contribution in [0.25, 0.3) is 0 Å². The molecule has 2 aromatic rings. The lowest BCUT2D eigenvalue weighted by molar-refractivity contribution is -0.131. The summed E-state index contributed by atoms with van der Waals surface area (Å²) in [6, 6.07) is 5.79. The van der Waals surface area contributed by atoms with Gasteiger partial charge in [-0.3, -0.25) is 4.79 Å². The van der Waals surface area contributed by atoms with Crippen LogP contribution in [-0.4, -0.2) is 53.6 Å². The third-order valence-electron chi connectivity index (χ3n) is 5.90. The fourth-order valence-electron chi connectivity index (χ4n) is 4.22. The zero-order chi connectivity index (χ0) is 19.6. The Kier molecular flexibility index (Phi) is 5.06. The summed E-state index contributed by atoms with van der Waals surface area (Å²) in [6.07, 6.45) is 5.04. The van der Waals surface area contributed by atoms with Crippen LogP contribution in [0.15, 0.2) is 24.4 Å². The molecule has 1 amide bonds. The van der Waals surface area contributed by atoms with E-state index in [9.17, 15) is 4.79 Å². The molecule has 0 radical (unpaired) electrons. The maximum Gasteiger partial charge on any atom is 0.227 e. The standard InChI is InChI=1S/C22H26N4O3/c27-21(11-15-2-3-19-20(10-15)29-9-1-8-28-19)26-7-5-18-17(14-26)13-24-22(25-18)16-4-6-23-12-16/h2-3,10,13,16,23H,1,4-9,11-12,14H2/t16-/m1/s1. The van der Waals surface area contributed by atoms with E-state index in [0.717, 1.165) is 66.5 Å². The number of carbonyl (C=O) groups is 1. The number of carbonyl (C=O) groups excluding carboxylic acids is 1. The summed E-state index contributed by atoms with van der Waals surface area (Å²) in [4.78, 5) is 24.2. The average Bonchev–Trinajstić information content (AvgIpc) is 3.19. The molecule has 7 nitrogen and oxygen atoms in total. The zero-order valence-electron chi connectivity index (χ0n) is 16.5. The van der Waals surface area contributed by atoms with Crippen molar-refractivity contribution in [1.82, 2.24) is 20.2 Å². The molecule has 1 aromatic carbocycles. The van der Waals surface area contributed by atoms with Crippen molar-refractivity contribution < 1.29 is 14.3 Å². The van der Waals surface area contributed by atoms with Gasteiger partial charge < -0.3 is 19.7 Å². The highest BCUT2D eigenvalue weighted by molar-refractivity contribution is 5.79. The Morgan fingerprint density at radius 3 is 3.00 bits per heavy atom. The minimum atomic E-state index is 0.120. The Labute approximate surface area is 170 Å². The first-order valence-electron chi connectivity index (χ1n) is 10.5. The second-order valence-electron chi connectivity index (χ2n) is 7.96. The minimum Gasteiger partial charge on any atom is -0.490 e. The predicted octanol–water partition coefficient (Wildman–Crippen LogP) is 1.84. The molecule has 1 aromatic heterocycles. The zero-order valence-corrected chi connectivity index (χ0v) is 16.5. The Hall–Kier alpha value is -2.67. The molecule has 1 saturated heterocycles. The Bertz CT molecular complexity index is 911. The highest BCUT2D eigenvalue weighted by Gasteiger charge is 2.25. The van der Waals surface area contributed by atoms with Gasteiger partial charge in [-0.2, -0.15) is 0 Å². The Morgan fingerprint density at radius 2 is 2.14 bits per heavy atom. The summed E-state index contributed by atoms with van der Waals surface area (Å²) in [6.45, 7) is 4.59. The van der Waals surface area contributed by atoms with Crippen molar-refractivity contribution in [1.29, 1.82) is 0 Å². The average molecular weight is 394 g/mol. The van der Waals surface area contributed by atoms with Crippen LogP contribution < -0.4 is 14.8 Å². The van der Waals surface area contributed by atoms with Crippen LogP contribution in [0.2, 0.25) is 0 Å². The molecule has 3 aliphatic rings. The number of ether oxygens (including phenoxy) is 2. The van der Waals surface area contributed by atoms with Gasteiger partial charge >= 0.3 is 0 Å². The smallest absolute Gasteiger partial charge is 0.227 e. The van der Waals surface area contributed by atoms with Gasteiger partial charge in [-0.25, -0.2) is 9.97 Å². The van der Waals surface area contributed by atoms with E-state index in [4.69, 9.17) is 14.5 Å². The Morgan fingerprint density at radius 1 is 1.24 bits per heavy atom. The summed E-state index contributed by atoms with van der Waals surface area (Å²) in [5.41, 5.74) is 3.12. The molecule has 29 heavy (non-hydrogen) atoms. The van der Waals surface area contributed by atoms with E-state index in [1.807, 2.05) is 29.3 Å². The molecular weight excluding hydrogens is 368 g/mol. The van der Waals surface area contributed by atoms with Gasteiger partial charge in [0.2, 0.25) is 5.91 Å². The number of hydrogen-bond acceptors (Lipinski definition) is 6. The monoisotopic (exact) mass is 394 g/mol. The summed E-state index contributed by atoms with van der Waals surface area (Å²) in [7, 11) is 0. The van der Waals surface area contributed by atoms with Crippen molar-refractivity contribution >= 4 is 5.91 Å². The van der Waals surface area contributed by atoms with Gasteiger partial charge in [0.05, 0.1) is 25.3 Å². The number of nitrogens with one attached hydrogen (secondary N) is 1. The molecule has 152 valence electrons. The van der Waals surface area contributed by atoms with Gasteiger partial charge in [0, 0.05) is 50.2 Å². The number of nitrogens with zero attached hydrogens (tertiary/aromatic N) is 3. The highest BCUT2D eigenvalue weighted by Crippen LogP contribution is 2.31. The molecule has 0 unspecified atom stereocenters. The number of amides is 1. The number of benzene rings is 1. The molecule has 1 fully saturated rings. The lowest BCUT2D eigenvalue weighted by Crippen LogP contribution is -2.37. The maximum absolute atomic E-state index is 12.9. The molecule has 0 bridgehead atoms. The first-order valence-corrected chi connectivity index (χ1v) is 10.5. The van der Waals surface area contributed by atoms with Crippen LogP contribution in [0.3, 0.4) is 0 Å². The van der Waals surface area contributed by atoms with E-state index in [1.54, 1.807) is 0 Å². The van der Waals surface area contributed by atoms with Crippen molar-refractivity contribution in [2.24, 2.45) is 0 Å². The van der Waals surface area contributed by atoms with Gasteiger partial charge in [-0.1, -0.05) is 6.07 Å². The third kappa shape index (κ3) is 3.92. The van der Waals surface area contributed by atoms with Crippen molar-refractivity contribution in [2.75, 3.05) is 32.8 Å². The van der Waals surface area contributed by atoms with Crippen LogP contribution in [0.1, 0.15) is 41.4 Å². The first kappa shape index (κ1) is 18.4. The quantitative estimate of drug-likeness (QED) is 0.856. The topological polar surface area (TPSA) is 76.6 Å². The van der Waals surface area contributed by atoms with Crippen LogP contribution >= 0.6 is 0 Å². The molecule has 0 spiro atoms. The van der Waals surface area contributed by atoms with Crippen LogP contribution in [0.4, 0.5) is 0 Å². The van der Waals surface area contributed by atoms with Gasteiger partial charge in [0.25, 0.3) is 0 Å². The summed E-state index contributed by atoms with van der Waals surface area (Å²) in [5, 5.41) is 3.37. The van der Waals surface area contributed by atoms with Crippen LogP contribution in [-0.2, 0) is 24.2 Å². The van der Waals surface area contributed by atoms with Crippen molar-refractivity contribution in [2.45, 2.75) is 38.1 Å². The van der Waals surface area contributed by atoms with Gasteiger partial charge in [-0.15, -0.1) is 0 Å². The molecule has 0 aliphatic carbocycles. The van der Waals surface area contributed by atoms with Crippen LogP contribution in [0, 0.1) is 0 Å². The largest absolute Gasteiger partial charge is 0.490 e. The number of aromatic nitrogens is 2. The molecule has 0 saturated carbocycles. The Balaban J connectivity index is 1.25. The van der Waals surface area contributed by atoms with E-state index in [-0.39, 0.29) is 5.91 Å². The summed E-state index contributed by atoms with van der Waals surface area (Å²) < 4.78 is 11.4. The molecule has 3 aliphatic heterocycles. The normalized spacial score (nSPS) is 20.8. The number of fused-ring (bicyclic) bond motifs is 2. The van der Waals surface area contributed by atoms with E-state index in [1.165, 1.54) is 0 Å². The van der Waals surface area contributed by atoms with Gasteiger partial charge in [0.1, 0.15) is 5.82 Å². The number of rotatable bonds is 3. The molecule has 5 rings (SSSR count). The van der Waals surface area contributed by atoms with Gasteiger partial charge in [0.15, 0.2) is 11.5 Å². The molecule has 4 heterocycles. The predicted molar refractivity (Wildman–Crippen MR) is 107 cm³/mol. The fourth-order valence-corrected chi connectivity index (χ4v) is 4.22. The van der Waals surface area contributed by atoms with Gasteiger partial charge in [-0.05, 0) is 30.7 Å². The van der Waals surface area contributed by atoms with E-state index < -0.39 is 0 Å². The second-order valence-corrected chi connectivity index (χ2v) is 7.96.